The number of hydrogen-bond donors (Lipinski definition) is 0. The highest BCUT2D eigenvalue weighted by Crippen LogP contribution is 2.25. The van der Waals surface area contributed by atoms with Gasteiger partial charge in [-0.25, -0.2) is 4.79 Å². The Morgan fingerprint density at radius 2 is 2.24 bits per heavy atom. The van der Waals surface area contributed by atoms with Crippen LogP contribution < -0.4 is 0 Å². The minimum absolute atomic E-state index is 0.0642. The minimum atomic E-state index is -0.679. The fourth-order valence-electron chi connectivity index (χ4n) is 1.55. The summed E-state index contributed by atoms with van der Waals surface area (Å²) >= 11 is 0. The van der Waals surface area contributed by atoms with Gasteiger partial charge < -0.3 is 4.74 Å². The lowest BCUT2D eigenvalue weighted by molar-refractivity contribution is -0.385. The second-order valence-corrected chi connectivity index (χ2v) is 3.24. The zero-order chi connectivity index (χ0) is 13.0. The van der Waals surface area contributed by atoms with Crippen LogP contribution in [0, 0.1) is 21.4 Å². The maximum Gasteiger partial charge on any atom is 0.338 e. The molecular formula is C11H10N2O4. The highest BCUT2D eigenvalue weighted by molar-refractivity contribution is 5.92. The Morgan fingerprint density at radius 1 is 1.59 bits per heavy atom. The number of nitro groups is 1. The standard InChI is InChI=1S/C11H10N2O4/c1-3-8-9(11(14)17-2)4-7(6-12)5-10(8)13(15)16/h4-5H,3H2,1-2H3. The van der Waals surface area contributed by atoms with E-state index in [4.69, 9.17) is 5.26 Å². The average Bonchev–Trinajstić information content (AvgIpc) is 2.35. The van der Waals surface area contributed by atoms with E-state index in [1.807, 2.05) is 0 Å². The molecule has 0 aliphatic carbocycles. The minimum Gasteiger partial charge on any atom is -0.465 e. The number of methoxy groups -OCH3 is 1. The lowest BCUT2D eigenvalue weighted by atomic mass is 10.00. The van der Waals surface area contributed by atoms with E-state index in [0.29, 0.717) is 6.42 Å². The number of esters is 1. The second-order valence-electron chi connectivity index (χ2n) is 3.24. The van der Waals surface area contributed by atoms with Crippen molar-refractivity contribution in [2.75, 3.05) is 7.11 Å². The molecule has 17 heavy (non-hydrogen) atoms. The summed E-state index contributed by atoms with van der Waals surface area (Å²) in [5.41, 5.74) is 0.183. The molecule has 0 aliphatic rings. The summed E-state index contributed by atoms with van der Waals surface area (Å²) in [6, 6.07) is 4.24. The molecule has 0 heterocycles. The second kappa shape index (κ2) is 5.07. The van der Waals surface area contributed by atoms with Gasteiger partial charge in [-0.15, -0.1) is 0 Å². The van der Waals surface area contributed by atoms with Crippen LogP contribution in [0.15, 0.2) is 12.1 Å². The van der Waals surface area contributed by atoms with Crippen LogP contribution in [-0.2, 0) is 11.2 Å². The fraction of sp³-hybridized carbons (Fsp3) is 0.273. The van der Waals surface area contributed by atoms with Crippen molar-refractivity contribution < 1.29 is 14.5 Å². The molecule has 1 rings (SSSR count). The van der Waals surface area contributed by atoms with Gasteiger partial charge in [-0.05, 0) is 12.5 Å². The van der Waals surface area contributed by atoms with Crippen LogP contribution in [0.2, 0.25) is 0 Å². The van der Waals surface area contributed by atoms with Crippen LogP contribution in [0.4, 0.5) is 5.69 Å². The highest BCUT2D eigenvalue weighted by Gasteiger charge is 2.22. The van der Waals surface area contributed by atoms with Gasteiger partial charge in [0.1, 0.15) is 0 Å². The van der Waals surface area contributed by atoms with Gasteiger partial charge in [-0.1, -0.05) is 6.92 Å². The Kier molecular flexibility index (Phi) is 3.78. The quantitative estimate of drug-likeness (QED) is 0.451. The molecule has 88 valence electrons. The molecule has 0 saturated heterocycles. The molecule has 0 spiro atoms. The molecule has 0 atom stereocenters. The number of carbonyl (C=O) groups excluding carboxylic acids is 1. The van der Waals surface area contributed by atoms with Crippen molar-refractivity contribution in [1.29, 1.82) is 5.26 Å². The number of rotatable bonds is 3. The Balaban J connectivity index is 3.57. The van der Waals surface area contributed by atoms with Gasteiger partial charge >= 0.3 is 5.97 Å². The molecule has 0 aromatic heterocycles. The van der Waals surface area contributed by atoms with E-state index in [-0.39, 0.29) is 22.4 Å². The number of nitriles is 1. The molecular weight excluding hydrogens is 224 g/mol. The van der Waals surface area contributed by atoms with Crippen molar-refractivity contribution >= 4 is 11.7 Å². The monoisotopic (exact) mass is 234 g/mol. The summed E-state index contributed by atoms with van der Waals surface area (Å²) in [5.74, 6) is -0.679. The lowest BCUT2D eigenvalue weighted by Crippen LogP contribution is -2.08. The first-order valence-electron chi connectivity index (χ1n) is 4.84. The van der Waals surface area contributed by atoms with Crippen molar-refractivity contribution in [1.82, 2.24) is 0 Å². The van der Waals surface area contributed by atoms with E-state index in [1.165, 1.54) is 13.2 Å². The van der Waals surface area contributed by atoms with Gasteiger partial charge in [0, 0.05) is 11.6 Å². The normalized spacial score (nSPS) is 9.47. The van der Waals surface area contributed by atoms with E-state index >= 15 is 0 Å². The molecule has 0 aliphatic heterocycles. The number of nitro benzene ring substituents is 1. The number of ether oxygens (including phenoxy) is 1. The van der Waals surface area contributed by atoms with Crippen molar-refractivity contribution in [3.05, 3.63) is 38.9 Å². The topological polar surface area (TPSA) is 93.2 Å². The van der Waals surface area contributed by atoms with Crippen LogP contribution in [0.1, 0.15) is 28.4 Å². The van der Waals surface area contributed by atoms with Crippen molar-refractivity contribution in [2.45, 2.75) is 13.3 Å². The molecule has 6 heteroatoms. The summed E-state index contributed by atoms with van der Waals surface area (Å²) in [7, 11) is 1.19. The van der Waals surface area contributed by atoms with Crippen LogP contribution >= 0.6 is 0 Å². The van der Waals surface area contributed by atoms with E-state index in [9.17, 15) is 14.9 Å². The predicted octanol–water partition coefficient (Wildman–Crippen LogP) is 1.82. The zero-order valence-electron chi connectivity index (χ0n) is 9.39. The molecule has 1 aromatic rings. The van der Waals surface area contributed by atoms with Gasteiger partial charge in [0.2, 0.25) is 0 Å². The van der Waals surface area contributed by atoms with Crippen LogP contribution in [0.3, 0.4) is 0 Å². The maximum absolute atomic E-state index is 11.5. The summed E-state index contributed by atoms with van der Waals surface area (Å²) in [6.07, 6.45) is 0.312. The third-order valence-corrected chi connectivity index (χ3v) is 2.31. The van der Waals surface area contributed by atoms with E-state index in [2.05, 4.69) is 4.74 Å². The Hall–Kier alpha value is -2.42. The van der Waals surface area contributed by atoms with Crippen molar-refractivity contribution in [2.24, 2.45) is 0 Å². The first-order valence-corrected chi connectivity index (χ1v) is 4.84. The molecule has 0 unspecified atom stereocenters. The molecule has 0 fully saturated rings. The SMILES string of the molecule is CCc1c(C(=O)OC)cc(C#N)cc1[N+](=O)[O-]. The van der Waals surface area contributed by atoms with Gasteiger partial charge in [0.25, 0.3) is 5.69 Å². The fourth-order valence-corrected chi connectivity index (χ4v) is 1.55. The van der Waals surface area contributed by atoms with Crippen molar-refractivity contribution in [3.63, 3.8) is 0 Å². The van der Waals surface area contributed by atoms with Gasteiger partial charge in [-0.3, -0.25) is 10.1 Å². The van der Waals surface area contributed by atoms with Crippen LogP contribution in [0.25, 0.3) is 0 Å². The maximum atomic E-state index is 11.5. The van der Waals surface area contributed by atoms with Gasteiger partial charge in [-0.2, -0.15) is 5.26 Å². The molecule has 6 nitrogen and oxygen atoms in total. The molecule has 1 aromatic carbocycles. The lowest BCUT2D eigenvalue weighted by Gasteiger charge is -2.07. The number of carbonyl (C=O) groups is 1. The third kappa shape index (κ3) is 2.39. The summed E-state index contributed by atoms with van der Waals surface area (Å²) in [5, 5.41) is 19.6. The first-order chi connectivity index (χ1) is 8.04. The first kappa shape index (κ1) is 12.6. The molecule has 0 bridgehead atoms. The smallest absolute Gasteiger partial charge is 0.338 e. The van der Waals surface area contributed by atoms with Crippen molar-refractivity contribution in [3.8, 4) is 6.07 Å². The highest BCUT2D eigenvalue weighted by atomic mass is 16.6. The van der Waals surface area contributed by atoms with Gasteiger partial charge in [0.05, 0.1) is 29.2 Å². The zero-order valence-corrected chi connectivity index (χ0v) is 9.39. The summed E-state index contributed by atoms with van der Waals surface area (Å²) in [6.45, 7) is 1.70. The Bertz CT molecular complexity index is 517. The largest absolute Gasteiger partial charge is 0.465 e. The van der Waals surface area contributed by atoms with E-state index in [0.717, 1.165) is 6.07 Å². The van der Waals surface area contributed by atoms with E-state index in [1.54, 1.807) is 13.0 Å². The number of hydrogen-bond acceptors (Lipinski definition) is 5. The van der Waals surface area contributed by atoms with Gasteiger partial charge in [0.15, 0.2) is 0 Å². The summed E-state index contributed by atoms with van der Waals surface area (Å²) in [4.78, 5) is 21.7. The van der Waals surface area contributed by atoms with E-state index < -0.39 is 10.9 Å². The third-order valence-electron chi connectivity index (χ3n) is 2.31. The summed E-state index contributed by atoms with van der Waals surface area (Å²) < 4.78 is 4.54. The molecule has 0 saturated carbocycles. The predicted molar refractivity (Wildman–Crippen MR) is 58.5 cm³/mol. The Morgan fingerprint density at radius 3 is 2.65 bits per heavy atom. The Labute approximate surface area is 97.6 Å². The van der Waals surface area contributed by atoms with Crippen LogP contribution in [0.5, 0.6) is 0 Å². The number of benzene rings is 1. The number of nitrogens with zero attached hydrogens (tertiary/aromatic N) is 2. The van der Waals surface area contributed by atoms with Crippen LogP contribution in [-0.4, -0.2) is 18.0 Å². The average molecular weight is 234 g/mol. The molecule has 0 amide bonds. The molecule has 0 N–H and O–H groups in total. The molecule has 0 radical (unpaired) electrons.